The first kappa shape index (κ1) is 8.74. The molecule has 2 rings (SSSR count). The van der Waals surface area contributed by atoms with E-state index < -0.39 is 5.95 Å². The lowest BCUT2D eigenvalue weighted by Gasteiger charge is -2.02. The third kappa shape index (κ3) is 2.10. The fourth-order valence-corrected chi connectivity index (χ4v) is 0.989. The van der Waals surface area contributed by atoms with Gasteiger partial charge in [0, 0.05) is 5.56 Å². The van der Waals surface area contributed by atoms with E-state index in [1.54, 1.807) is 18.6 Å². The summed E-state index contributed by atoms with van der Waals surface area (Å²) < 4.78 is 22.6. The third-order valence-corrected chi connectivity index (χ3v) is 1.69. The molecule has 3 nitrogen and oxygen atoms in total. The van der Waals surface area contributed by atoms with Crippen molar-refractivity contribution in [2.45, 2.75) is 6.61 Å². The lowest BCUT2D eigenvalue weighted by atomic mass is 10.4. The highest BCUT2D eigenvalue weighted by atomic mass is 19.1. The molecule has 0 aliphatic heterocycles. The van der Waals surface area contributed by atoms with Gasteiger partial charge in [-0.2, -0.15) is 4.39 Å². The van der Waals surface area contributed by atoms with Crippen LogP contribution in [0.3, 0.4) is 0 Å². The maximum atomic E-state index is 12.4. The van der Waals surface area contributed by atoms with Crippen molar-refractivity contribution in [1.29, 1.82) is 0 Å². The van der Waals surface area contributed by atoms with Crippen LogP contribution >= 0.6 is 0 Å². The van der Waals surface area contributed by atoms with Gasteiger partial charge < -0.3 is 9.15 Å². The summed E-state index contributed by atoms with van der Waals surface area (Å²) in [5.41, 5.74) is 0.925. The Morgan fingerprint density at radius 2 is 2.29 bits per heavy atom. The van der Waals surface area contributed by atoms with Gasteiger partial charge >= 0.3 is 0 Å². The Labute approximate surface area is 80.1 Å². The van der Waals surface area contributed by atoms with Gasteiger partial charge in [0.05, 0.1) is 18.7 Å². The zero-order valence-corrected chi connectivity index (χ0v) is 7.31. The second-order valence-electron chi connectivity index (χ2n) is 2.74. The average molecular weight is 193 g/mol. The molecule has 2 aromatic rings. The minimum Gasteiger partial charge on any atom is -0.487 e. The molecule has 0 saturated heterocycles. The van der Waals surface area contributed by atoms with Gasteiger partial charge in [0.2, 0.25) is 5.95 Å². The van der Waals surface area contributed by atoms with Crippen LogP contribution in [0.2, 0.25) is 0 Å². The minimum atomic E-state index is -0.513. The van der Waals surface area contributed by atoms with Crippen molar-refractivity contribution in [3.05, 3.63) is 48.4 Å². The predicted octanol–water partition coefficient (Wildman–Crippen LogP) is 2.39. The highest BCUT2D eigenvalue weighted by Crippen LogP contribution is 2.11. The Bertz CT molecular complexity index is 383. The number of rotatable bonds is 3. The number of pyridine rings is 1. The Kier molecular flexibility index (Phi) is 2.44. The summed E-state index contributed by atoms with van der Waals surface area (Å²) in [4.78, 5) is 3.46. The molecule has 0 aliphatic carbocycles. The molecule has 0 N–H and O–H groups in total. The minimum absolute atomic E-state index is 0.393. The average Bonchev–Trinajstić information content (AvgIpc) is 2.70. The Hall–Kier alpha value is -1.84. The number of hydrogen-bond donors (Lipinski definition) is 0. The molecule has 0 amide bonds. The van der Waals surface area contributed by atoms with Gasteiger partial charge in [-0.05, 0) is 18.2 Å². The highest BCUT2D eigenvalue weighted by molar-refractivity contribution is 5.17. The monoisotopic (exact) mass is 193 g/mol. The van der Waals surface area contributed by atoms with E-state index in [2.05, 4.69) is 4.98 Å². The molecular weight excluding hydrogens is 185 g/mol. The molecule has 0 fully saturated rings. The SMILES string of the molecule is Fc1ccc(OCc2ccoc2)cn1. The smallest absolute Gasteiger partial charge is 0.213 e. The largest absolute Gasteiger partial charge is 0.487 e. The van der Waals surface area contributed by atoms with Gasteiger partial charge in [0.1, 0.15) is 12.4 Å². The lowest BCUT2D eigenvalue weighted by molar-refractivity contribution is 0.302. The molecular formula is C10H8FNO2. The van der Waals surface area contributed by atoms with Gasteiger partial charge in [-0.3, -0.25) is 0 Å². The molecule has 14 heavy (non-hydrogen) atoms. The second kappa shape index (κ2) is 3.91. The lowest BCUT2D eigenvalue weighted by Crippen LogP contribution is -1.94. The van der Waals surface area contributed by atoms with Crippen LogP contribution in [-0.4, -0.2) is 4.98 Å². The summed E-state index contributed by atoms with van der Waals surface area (Å²) >= 11 is 0. The van der Waals surface area contributed by atoms with Crippen molar-refractivity contribution < 1.29 is 13.5 Å². The summed E-state index contributed by atoms with van der Waals surface area (Å²) in [6.45, 7) is 0.393. The molecule has 0 aliphatic rings. The number of furan rings is 1. The Morgan fingerprint density at radius 3 is 2.93 bits per heavy atom. The summed E-state index contributed by atoms with van der Waals surface area (Å²) in [5, 5.41) is 0. The first-order chi connectivity index (χ1) is 6.84. The molecule has 72 valence electrons. The standard InChI is InChI=1S/C10H8FNO2/c11-10-2-1-9(5-12-10)14-7-8-3-4-13-6-8/h1-6H,7H2. The van der Waals surface area contributed by atoms with Crippen LogP contribution in [0.5, 0.6) is 5.75 Å². The van der Waals surface area contributed by atoms with E-state index in [1.165, 1.54) is 18.3 Å². The van der Waals surface area contributed by atoms with Crippen molar-refractivity contribution in [1.82, 2.24) is 4.98 Å². The molecule has 0 bridgehead atoms. The summed E-state index contributed by atoms with van der Waals surface area (Å²) in [7, 11) is 0. The van der Waals surface area contributed by atoms with Crippen molar-refractivity contribution >= 4 is 0 Å². The van der Waals surface area contributed by atoms with Crippen LogP contribution in [0.1, 0.15) is 5.56 Å². The number of aromatic nitrogens is 1. The van der Waals surface area contributed by atoms with E-state index in [1.807, 2.05) is 0 Å². The van der Waals surface area contributed by atoms with Gasteiger partial charge in [0.15, 0.2) is 0 Å². The number of halogens is 1. The van der Waals surface area contributed by atoms with Gasteiger partial charge in [0.25, 0.3) is 0 Å². The van der Waals surface area contributed by atoms with Crippen molar-refractivity contribution in [3.8, 4) is 5.75 Å². The quantitative estimate of drug-likeness (QED) is 0.702. The Morgan fingerprint density at radius 1 is 1.36 bits per heavy atom. The number of nitrogens with zero attached hydrogens (tertiary/aromatic N) is 1. The topological polar surface area (TPSA) is 35.3 Å². The van der Waals surface area contributed by atoms with Gasteiger partial charge in [-0.15, -0.1) is 0 Å². The van der Waals surface area contributed by atoms with E-state index in [0.29, 0.717) is 12.4 Å². The van der Waals surface area contributed by atoms with Crippen LogP contribution in [0.25, 0.3) is 0 Å². The third-order valence-electron chi connectivity index (χ3n) is 1.69. The van der Waals surface area contributed by atoms with Crippen LogP contribution in [0.4, 0.5) is 4.39 Å². The second-order valence-corrected chi connectivity index (χ2v) is 2.74. The van der Waals surface area contributed by atoms with E-state index in [0.717, 1.165) is 5.56 Å². The van der Waals surface area contributed by atoms with Gasteiger partial charge in [-0.1, -0.05) is 0 Å². The number of ether oxygens (including phenoxy) is 1. The molecule has 4 heteroatoms. The van der Waals surface area contributed by atoms with Crippen LogP contribution < -0.4 is 4.74 Å². The molecule has 0 atom stereocenters. The molecule has 0 radical (unpaired) electrons. The normalized spacial score (nSPS) is 10.1. The molecule has 0 saturated carbocycles. The van der Waals surface area contributed by atoms with E-state index >= 15 is 0 Å². The van der Waals surface area contributed by atoms with Crippen LogP contribution in [0, 0.1) is 5.95 Å². The van der Waals surface area contributed by atoms with E-state index in [4.69, 9.17) is 9.15 Å². The first-order valence-corrected chi connectivity index (χ1v) is 4.10. The predicted molar refractivity (Wildman–Crippen MR) is 47.2 cm³/mol. The number of hydrogen-bond acceptors (Lipinski definition) is 3. The van der Waals surface area contributed by atoms with Crippen LogP contribution in [0.15, 0.2) is 41.3 Å². The zero-order valence-electron chi connectivity index (χ0n) is 7.31. The molecule has 2 aromatic heterocycles. The Balaban J connectivity index is 1.95. The van der Waals surface area contributed by atoms with E-state index in [-0.39, 0.29) is 0 Å². The van der Waals surface area contributed by atoms with Crippen molar-refractivity contribution in [2.24, 2.45) is 0 Å². The summed E-state index contributed by atoms with van der Waals surface area (Å²) in [5.74, 6) is 0.0215. The molecule has 0 unspecified atom stereocenters. The highest BCUT2D eigenvalue weighted by Gasteiger charge is 1.97. The fraction of sp³-hybridized carbons (Fsp3) is 0.100. The van der Waals surface area contributed by atoms with Gasteiger partial charge in [-0.25, -0.2) is 4.98 Å². The van der Waals surface area contributed by atoms with Crippen LogP contribution in [-0.2, 0) is 6.61 Å². The molecule has 2 heterocycles. The molecule has 0 spiro atoms. The van der Waals surface area contributed by atoms with Crippen molar-refractivity contribution in [3.63, 3.8) is 0 Å². The maximum absolute atomic E-state index is 12.4. The summed E-state index contributed by atoms with van der Waals surface area (Å²) in [6.07, 6.45) is 4.51. The fourth-order valence-electron chi connectivity index (χ4n) is 0.989. The molecule has 0 aromatic carbocycles. The maximum Gasteiger partial charge on any atom is 0.213 e. The first-order valence-electron chi connectivity index (χ1n) is 4.10. The zero-order chi connectivity index (χ0) is 9.80. The van der Waals surface area contributed by atoms with Crippen molar-refractivity contribution in [2.75, 3.05) is 0 Å². The summed E-state index contributed by atoms with van der Waals surface area (Å²) in [6, 6.07) is 4.59. The van der Waals surface area contributed by atoms with E-state index in [9.17, 15) is 4.39 Å².